The largest absolute Gasteiger partial charge is 0.312 e. The summed E-state index contributed by atoms with van der Waals surface area (Å²) in [5.41, 5.74) is 0.745. The third-order valence-corrected chi connectivity index (χ3v) is 3.14. The van der Waals surface area contributed by atoms with Gasteiger partial charge in [-0.15, -0.1) is 0 Å². The van der Waals surface area contributed by atoms with Crippen molar-refractivity contribution in [1.82, 2.24) is 0 Å². The van der Waals surface area contributed by atoms with Gasteiger partial charge in [0.15, 0.2) is 0 Å². The van der Waals surface area contributed by atoms with Gasteiger partial charge in [-0.25, -0.2) is 0 Å². The highest BCUT2D eigenvalue weighted by Crippen LogP contribution is 2.27. The van der Waals surface area contributed by atoms with E-state index in [0.29, 0.717) is 11.6 Å². The summed E-state index contributed by atoms with van der Waals surface area (Å²) in [6.07, 6.45) is 0.185. The molecule has 1 aliphatic rings. The molecule has 84 valence electrons. The monoisotopic (exact) mass is 257 g/mol. The summed E-state index contributed by atoms with van der Waals surface area (Å²) < 4.78 is 0. The molecule has 1 amide bonds. The predicted molar refractivity (Wildman–Crippen MR) is 62.8 cm³/mol. The van der Waals surface area contributed by atoms with E-state index in [0.717, 1.165) is 5.69 Å². The fourth-order valence-corrected chi connectivity index (χ4v) is 2.00. The van der Waals surface area contributed by atoms with Crippen molar-refractivity contribution >= 4 is 40.0 Å². The summed E-state index contributed by atoms with van der Waals surface area (Å²) in [7, 11) is 0. The van der Waals surface area contributed by atoms with Gasteiger partial charge in [0.2, 0.25) is 11.1 Å². The van der Waals surface area contributed by atoms with Gasteiger partial charge in [0.1, 0.15) is 0 Å². The van der Waals surface area contributed by atoms with Crippen molar-refractivity contribution in [2.24, 2.45) is 5.92 Å². The molecule has 0 aliphatic carbocycles. The first-order valence-electron chi connectivity index (χ1n) is 4.83. The van der Waals surface area contributed by atoms with E-state index in [1.807, 2.05) is 0 Å². The number of hydrogen-bond acceptors (Lipinski definition) is 2. The molecule has 1 saturated heterocycles. The number of anilines is 1. The first kappa shape index (κ1) is 11.4. The number of halogens is 2. The summed E-state index contributed by atoms with van der Waals surface area (Å²) in [5, 5.41) is 0.158. The highest BCUT2D eigenvalue weighted by atomic mass is 35.5. The molecule has 0 bridgehead atoms. The Morgan fingerprint density at radius 3 is 2.44 bits per heavy atom. The molecule has 1 aromatic rings. The van der Waals surface area contributed by atoms with Crippen molar-refractivity contribution in [3.63, 3.8) is 0 Å². The molecule has 0 saturated carbocycles. The maximum atomic E-state index is 11.7. The van der Waals surface area contributed by atoms with E-state index in [4.69, 9.17) is 23.2 Å². The molecule has 3 nitrogen and oxygen atoms in total. The third-order valence-electron chi connectivity index (χ3n) is 2.58. The van der Waals surface area contributed by atoms with Crippen LogP contribution in [0.15, 0.2) is 24.3 Å². The van der Waals surface area contributed by atoms with Crippen molar-refractivity contribution in [3.05, 3.63) is 29.3 Å². The van der Waals surface area contributed by atoms with Crippen molar-refractivity contribution in [2.75, 3.05) is 11.4 Å². The van der Waals surface area contributed by atoms with Crippen LogP contribution in [0.5, 0.6) is 0 Å². The second kappa shape index (κ2) is 4.44. The minimum absolute atomic E-state index is 0.0821. The van der Waals surface area contributed by atoms with Crippen LogP contribution < -0.4 is 4.90 Å². The molecule has 1 aromatic carbocycles. The third kappa shape index (κ3) is 2.20. The molecule has 0 N–H and O–H groups in total. The first-order valence-corrected chi connectivity index (χ1v) is 5.59. The molecule has 1 fully saturated rings. The molecule has 0 radical (unpaired) electrons. The van der Waals surface area contributed by atoms with Crippen molar-refractivity contribution in [3.8, 4) is 0 Å². The number of nitrogens with zero attached hydrogens (tertiary/aromatic N) is 1. The lowest BCUT2D eigenvalue weighted by molar-refractivity contribution is -0.120. The van der Waals surface area contributed by atoms with E-state index < -0.39 is 11.2 Å². The molecule has 16 heavy (non-hydrogen) atoms. The minimum Gasteiger partial charge on any atom is -0.312 e. The van der Waals surface area contributed by atoms with Gasteiger partial charge in [-0.3, -0.25) is 9.59 Å². The van der Waals surface area contributed by atoms with Gasteiger partial charge in [-0.1, -0.05) is 11.6 Å². The Kier molecular flexibility index (Phi) is 3.17. The van der Waals surface area contributed by atoms with Gasteiger partial charge in [-0.05, 0) is 35.9 Å². The van der Waals surface area contributed by atoms with Gasteiger partial charge in [0, 0.05) is 23.7 Å². The van der Waals surface area contributed by atoms with Crippen LogP contribution in [0.4, 0.5) is 5.69 Å². The fraction of sp³-hybridized carbons (Fsp3) is 0.273. The Morgan fingerprint density at radius 2 is 1.94 bits per heavy atom. The summed E-state index contributed by atoms with van der Waals surface area (Å²) in [6.45, 7) is 0.350. The van der Waals surface area contributed by atoms with Crippen LogP contribution in [-0.4, -0.2) is 17.7 Å². The average molecular weight is 258 g/mol. The lowest BCUT2D eigenvalue weighted by Crippen LogP contribution is -2.24. The van der Waals surface area contributed by atoms with Crippen LogP contribution >= 0.6 is 23.2 Å². The second-order valence-corrected chi connectivity index (χ2v) is 4.49. The Labute approximate surface area is 103 Å². The van der Waals surface area contributed by atoms with E-state index >= 15 is 0 Å². The lowest BCUT2D eigenvalue weighted by Gasteiger charge is -2.15. The minimum atomic E-state index is -0.454. The van der Waals surface area contributed by atoms with E-state index in [-0.39, 0.29) is 12.3 Å². The Morgan fingerprint density at radius 1 is 1.31 bits per heavy atom. The molecule has 2 rings (SSSR count). The standard InChI is InChI=1S/C11H9Cl2NO2/c12-8-1-3-9(4-2-8)14-6-7(11(13)16)5-10(14)15/h1-4,7H,5-6H2. The highest BCUT2D eigenvalue weighted by molar-refractivity contribution is 6.64. The van der Waals surface area contributed by atoms with Crippen LogP contribution in [0.1, 0.15) is 6.42 Å². The molecular formula is C11H9Cl2NO2. The van der Waals surface area contributed by atoms with Gasteiger partial charge < -0.3 is 4.90 Å². The van der Waals surface area contributed by atoms with Crippen LogP contribution in [0.2, 0.25) is 5.02 Å². The SMILES string of the molecule is O=C(Cl)C1CC(=O)N(c2ccc(Cl)cc2)C1. The molecule has 0 aromatic heterocycles. The Bertz CT molecular complexity index is 430. The van der Waals surface area contributed by atoms with Crippen LogP contribution in [0, 0.1) is 5.92 Å². The van der Waals surface area contributed by atoms with Gasteiger partial charge >= 0.3 is 0 Å². The van der Waals surface area contributed by atoms with Crippen LogP contribution in [0.25, 0.3) is 0 Å². The number of amides is 1. The number of carbonyl (C=O) groups excluding carboxylic acids is 2. The summed E-state index contributed by atoms with van der Waals surface area (Å²) >= 11 is 11.1. The van der Waals surface area contributed by atoms with Gasteiger partial charge in [0.25, 0.3) is 0 Å². The summed E-state index contributed by atoms with van der Waals surface area (Å²) in [6, 6.07) is 6.92. The van der Waals surface area contributed by atoms with E-state index in [1.54, 1.807) is 29.2 Å². The van der Waals surface area contributed by atoms with Crippen molar-refractivity contribution < 1.29 is 9.59 Å². The maximum absolute atomic E-state index is 11.7. The quantitative estimate of drug-likeness (QED) is 0.764. The Hall–Kier alpha value is -1.06. The molecule has 0 spiro atoms. The smallest absolute Gasteiger partial charge is 0.227 e. The zero-order valence-electron chi connectivity index (χ0n) is 8.32. The van der Waals surface area contributed by atoms with E-state index in [9.17, 15) is 9.59 Å². The molecule has 1 atom stereocenters. The number of carbonyl (C=O) groups is 2. The maximum Gasteiger partial charge on any atom is 0.227 e. The zero-order valence-corrected chi connectivity index (χ0v) is 9.83. The van der Waals surface area contributed by atoms with Gasteiger partial charge in [0.05, 0.1) is 5.92 Å². The highest BCUT2D eigenvalue weighted by Gasteiger charge is 2.34. The van der Waals surface area contributed by atoms with Crippen molar-refractivity contribution in [1.29, 1.82) is 0 Å². The first-order chi connectivity index (χ1) is 7.58. The van der Waals surface area contributed by atoms with E-state index in [2.05, 4.69) is 0 Å². The summed E-state index contributed by atoms with van der Waals surface area (Å²) in [4.78, 5) is 24.2. The average Bonchev–Trinajstić information content (AvgIpc) is 2.62. The summed E-state index contributed by atoms with van der Waals surface area (Å²) in [5.74, 6) is -0.480. The molecule has 5 heteroatoms. The number of hydrogen-bond donors (Lipinski definition) is 0. The lowest BCUT2D eigenvalue weighted by atomic mass is 10.1. The zero-order chi connectivity index (χ0) is 11.7. The predicted octanol–water partition coefficient (Wildman–Crippen LogP) is 2.46. The fourth-order valence-electron chi connectivity index (χ4n) is 1.73. The molecule has 1 unspecified atom stereocenters. The topological polar surface area (TPSA) is 37.4 Å². The normalized spacial score (nSPS) is 20.2. The molecule has 1 aliphatic heterocycles. The van der Waals surface area contributed by atoms with Crippen molar-refractivity contribution in [2.45, 2.75) is 6.42 Å². The van der Waals surface area contributed by atoms with Crippen LogP contribution in [-0.2, 0) is 9.59 Å². The number of benzene rings is 1. The second-order valence-electron chi connectivity index (χ2n) is 3.69. The van der Waals surface area contributed by atoms with Gasteiger partial charge in [-0.2, -0.15) is 0 Å². The molecular weight excluding hydrogens is 249 g/mol. The van der Waals surface area contributed by atoms with E-state index in [1.165, 1.54) is 0 Å². The van der Waals surface area contributed by atoms with Crippen LogP contribution in [0.3, 0.4) is 0 Å². The Balaban J connectivity index is 2.20. The molecule has 1 heterocycles. The number of rotatable bonds is 2.